The molecular formula is C10H20O2. The van der Waals surface area contributed by atoms with Crippen LogP contribution in [0.4, 0.5) is 0 Å². The highest BCUT2D eigenvalue weighted by atomic mass is 16.7. The normalized spacial score (nSPS) is 30.5. The van der Waals surface area contributed by atoms with Gasteiger partial charge in [-0.2, -0.15) is 0 Å². The average Bonchev–Trinajstić information content (AvgIpc) is 2.05. The molecule has 0 bridgehead atoms. The van der Waals surface area contributed by atoms with Gasteiger partial charge in [-0.25, -0.2) is 0 Å². The number of rotatable bonds is 4. The Labute approximate surface area is 75.2 Å². The first kappa shape index (κ1) is 10.0. The zero-order chi connectivity index (χ0) is 8.81. The largest absolute Gasteiger partial charge is 0.353 e. The zero-order valence-corrected chi connectivity index (χ0v) is 8.21. The Morgan fingerprint density at radius 3 is 2.83 bits per heavy atom. The van der Waals surface area contributed by atoms with Crippen molar-refractivity contribution in [2.75, 3.05) is 6.61 Å². The van der Waals surface area contributed by atoms with Crippen LogP contribution >= 0.6 is 0 Å². The second-order valence-corrected chi connectivity index (χ2v) is 3.48. The van der Waals surface area contributed by atoms with Crippen molar-refractivity contribution in [3.05, 3.63) is 0 Å². The quantitative estimate of drug-likeness (QED) is 0.607. The monoisotopic (exact) mass is 172 g/mol. The van der Waals surface area contributed by atoms with Gasteiger partial charge < -0.3 is 9.47 Å². The maximum Gasteiger partial charge on any atom is 0.155 e. The van der Waals surface area contributed by atoms with E-state index in [-0.39, 0.29) is 6.29 Å². The van der Waals surface area contributed by atoms with Crippen LogP contribution in [0.3, 0.4) is 0 Å². The van der Waals surface area contributed by atoms with Gasteiger partial charge in [0.2, 0.25) is 0 Å². The van der Waals surface area contributed by atoms with Crippen LogP contribution < -0.4 is 0 Å². The van der Waals surface area contributed by atoms with Crippen molar-refractivity contribution in [1.82, 2.24) is 0 Å². The van der Waals surface area contributed by atoms with Crippen molar-refractivity contribution in [2.45, 2.75) is 58.3 Å². The van der Waals surface area contributed by atoms with E-state index in [9.17, 15) is 0 Å². The van der Waals surface area contributed by atoms with Crippen LogP contribution in [0.2, 0.25) is 0 Å². The molecule has 2 nitrogen and oxygen atoms in total. The third-order valence-corrected chi connectivity index (χ3v) is 2.31. The number of hydrogen-bond acceptors (Lipinski definition) is 2. The second-order valence-electron chi connectivity index (χ2n) is 3.48. The Balaban J connectivity index is 2.06. The molecule has 0 aromatic carbocycles. The molecule has 0 aromatic rings. The molecule has 0 spiro atoms. The van der Waals surface area contributed by atoms with Gasteiger partial charge in [0.25, 0.3) is 0 Å². The molecule has 1 aliphatic heterocycles. The molecule has 2 unspecified atom stereocenters. The summed E-state index contributed by atoms with van der Waals surface area (Å²) in [5.41, 5.74) is 0. The summed E-state index contributed by atoms with van der Waals surface area (Å²) in [7, 11) is 0. The van der Waals surface area contributed by atoms with Gasteiger partial charge in [-0.1, -0.05) is 26.2 Å². The Morgan fingerprint density at radius 1 is 1.33 bits per heavy atom. The summed E-state index contributed by atoms with van der Waals surface area (Å²) in [6.45, 7) is 5.08. The summed E-state index contributed by atoms with van der Waals surface area (Å²) in [6.07, 6.45) is 6.68. The predicted octanol–water partition coefficient (Wildman–Crippen LogP) is 2.72. The Kier molecular flexibility index (Phi) is 4.62. The van der Waals surface area contributed by atoms with E-state index >= 15 is 0 Å². The van der Waals surface area contributed by atoms with Crippen molar-refractivity contribution in [2.24, 2.45) is 0 Å². The topological polar surface area (TPSA) is 18.5 Å². The van der Waals surface area contributed by atoms with Crippen LogP contribution in [-0.4, -0.2) is 19.0 Å². The molecule has 0 amide bonds. The van der Waals surface area contributed by atoms with Gasteiger partial charge in [0, 0.05) is 0 Å². The molecule has 12 heavy (non-hydrogen) atoms. The molecule has 1 heterocycles. The third kappa shape index (κ3) is 3.55. The van der Waals surface area contributed by atoms with E-state index in [1.165, 1.54) is 25.7 Å². The highest BCUT2D eigenvalue weighted by molar-refractivity contribution is 4.62. The smallest absolute Gasteiger partial charge is 0.155 e. The molecule has 2 atom stereocenters. The molecule has 0 aliphatic carbocycles. The highest BCUT2D eigenvalue weighted by Crippen LogP contribution is 2.17. The summed E-state index contributed by atoms with van der Waals surface area (Å²) < 4.78 is 10.9. The minimum Gasteiger partial charge on any atom is -0.353 e. The van der Waals surface area contributed by atoms with E-state index in [4.69, 9.17) is 9.47 Å². The van der Waals surface area contributed by atoms with Crippen molar-refractivity contribution < 1.29 is 9.47 Å². The standard InChI is InChI=1S/C10H20O2/c1-3-4-5-6-10-7-8-11-9(2)12-10/h9-10H,3-8H2,1-2H3. The second kappa shape index (κ2) is 5.55. The summed E-state index contributed by atoms with van der Waals surface area (Å²) in [6, 6.07) is 0. The molecule has 0 radical (unpaired) electrons. The maximum atomic E-state index is 5.61. The van der Waals surface area contributed by atoms with Gasteiger partial charge in [0.05, 0.1) is 12.7 Å². The van der Waals surface area contributed by atoms with E-state index in [0.717, 1.165) is 13.0 Å². The van der Waals surface area contributed by atoms with Crippen molar-refractivity contribution in [3.63, 3.8) is 0 Å². The lowest BCUT2D eigenvalue weighted by molar-refractivity contribution is -0.203. The summed E-state index contributed by atoms with van der Waals surface area (Å²) >= 11 is 0. The molecule has 0 N–H and O–H groups in total. The van der Waals surface area contributed by atoms with E-state index < -0.39 is 0 Å². The molecule has 72 valence electrons. The van der Waals surface area contributed by atoms with Crippen LogP contribution in [-0.2, 0) is 9.47 Å². The van der Waals surface area contributed by atoms with Crippen LogP contribution in [0.15, 0.2) is 0 Å². The maximum absolute atomic E-state index is 5.61. The third-order valence-electron chi connectivity index (χ3n) is 2.31. The van der Waals surface area contributed by atoms with Gasteiger partial charge in [-0.3, -0.25) is 0 Å². The fourth-order valence-electron chi connectivity index (χ4n) is 1.58. The van der Waals surface area contributed by atoms with Gasteiger partial charge in [0.15, 0.2) is 6.29 Å². The van der Waals surface area contributed by atoms with Crippen molar-refractivity contribution >= 4 is 0 Å². The molecule has 2 heteroatoms. The zero-order valence-electron chi connectivity index (χ0n) is 8.21. The molecular weight excluding hydrogens is 152 g/mol. The highest BCUT2D eigenvalue weighted by Gasteiger charge is 2.18. The predicted molar refractivity (Wildman–Crippen MR) is 49.0 cm³/mol. The lowest BCUT2D eigenvalue weighted by atomic mass is 10.1. The minimum atomic E-state index is 0.0189. The molecule has 1 saturated heterocycles. The fraction of sp³-hybridized carbons (Fsp3) is 1.00. The minimum absolute atomic E-state index is 0.0189. The van der Waals surface area contributed by atoms with Gasteiger partial charge in [0.1, 0.15) is 0 Å². The van der Waals surface area contributed by atoms with E-state index in [2.05, 4.69) is 6.92 Å². The van der Waals surface area contributed by atoms with Gasteiger partial charge in [-0.15, -0.1) is 0 Å². The number of unbranched alkanes of at least 4 members (excludes halogenated alkanes) is 2. The van der Waals surface area contributed by atoms with Crippen LogP contribution in [0.25, 0.3) is 0 Å². The molecule has 0 saturated carbocycles. The Hall–Kier alpha value is -0.0800. The molecule has 1 rings (SSSR count). The molecule has 0 aromatic heterocycles. The van der Waals surface area contributed by atoms with Crippen LogP contribution in [0.1, 0.15) is 46.0 Å². The number of hydrogen-bond donors (Lipinski definition) is 0. The Bertz CT molecular complexity index is 114. The fourth-order valence-corrected chi connectivity index (χ4v) is 1.58. The van der Waals surface area contributed by atoms with E-state index in [1.807, 2.05) is 6.92 Å². The van der Waals surface area contributed by atoms with Crippen molar-refractivity contribution in [3.8, 4) is 0 Å². The van der Waals surface area contributed by atoms with Gasteiger partial charge >= 0.3 is 0 Å². The lowest BCUT2D eigenvalue weighted by Crippen LogP contribution is -2.30. The van der Waals surface area contributed by atoms with Crippen LogP contribution in [0.5, 0.6) is 0 Å². The molecule has 1 aliphatic rings. The molecule has 1 fully saturated rings. The first-order valence-corrected chi connectivity index (χ1v) is 5.10. The first-order valence-electron chi connectivity index (χ1n) is 5.10. The lowest BCUT2D eigenvalue weighted by Gasteiger charge is -2.27. The summed E-state index contributed by atoms with van der Waals surface area (Å²) in [5, 5.41) is 0. The number of ether oxygens (including phenoxy) is 2. The van der Waals surface area contributed by atoms with E-state index in [0.29, 0.717) is 6.10 Å². The SMILES string of the molecule is CCCCCC1CCOC(C)O1. The Morgan fingerprint density at radius 2 is 2.17 bits per heavy atom. The summed E-state index contributed by atoms with van der Waals surface area (Å²) in [5.74, 6) is 0. The van der Waals surface area contributed by atoms with Crippen molar-refractivity contribution in [1.29, 1.82) is 0 Å². The van der Waals surface area contributed by atoms with E-state index in [1.54, 1.807) is 0 Å². The summed E-state index contributed by atoms with van der Waals surface area (Å²) in [4.78, 5) is 0. The first-order chi connectivity index (χ1) is 5.83. The van der Waals surface area contributed by atoms with Crippen LogP contribution in [0, 0.1) is 0 Å². The average molecular weight is 172 g/mol. The van der Waals surface area contributed by atoms with Gasteiger partial charge in [-0.05, 0) is 19.8 Å².